The van der Waals surface area contributed by atoms with Crippen LogP contribution >= 0.6 is 15.9 Å². The van der Waals surface area contributed by atoms with Gasteiger partial charge in [-0.2, -0.15) is 5.10 Å². The van der Waals surface area contributed by atoms with Gasteiger partial charge in [0.2, 0.25) is 0 Å². The molecule has 1 aliphatic heterocycles. The molecule has 1 aromatic carbocycles. The second-order valence-electron chi connectivity index (χ2n) is 10.1. The minimum Gasteiger partial charge on any atom is -0.506 e. The van der Waals surface area contributed by atoms with E-state index in [1.54, 1.807) is 22.0 Å². The number of ether oxygens (including phenoxy) is 1. The number of benzene rings is 1. The van der Waals surface area contributed by atoms with Crippen molar-refractivity contribution in [3.8, 4) is 17.0 Å². The first-order chi connectivity index (χ1) is 16.6. The number of likely N-dealkylation sites (tertiary alicyclic amines) is 1. The topological polar surface area (TPSA) is 93.4 Å². The van der Waals surface area contributed by atoms with Crippen molar-refractivity contribution in [2.75, 3.05) is 13.1 Å². The van der Waals surface area contributed by atoms with E-state index >= 15 is 0 Å². The number of fused-ring (bicyclic) bond motifs is 2. The van der Waals surface area contributed by atoms with Crippen LogP contribution in [0.4, 0.5) is 4.79 Å². The van der Waals surface area contributed by atoms with Crippen LogP contribution in [-0.2, 0) is 11.8 Å². The Bertz CT molecular complexity index is 1430. The van der Waals surface area contributed by atoms with Crippen LogP contribution in [0.1, 0.15) is 45.2 Å². The molecule has 0 atom stereocenters. The number of phenols is 1. The van der Waals surface area contributed by atoms with Crippen LogP contribution in [0, 0.1) is 0 Å². The monoisotopic (exact) mass is 537 g/mol. The van der Waals surface area contributed by atoms with Crippen LogP contribution in [0.3, 0.4) is 0 Å². The molecule has 35 heavy (non-hydrogen) atoms. The summed E-state index contributed by atoms with van der Waals surface area (Å²) in [5, 5.41) is 16.9. The van der Waals surface area contributed by atoms with E-state index in [-0.39, 0.29) is 17.8 Å². The van der Waals surface area contributed by atoms with Gasteiger partial charge in [0, 0.05) is 53.4 Å². The summed E-state index contributed by atoms with van der Waals surface area (Å²) in [6, 6.07) is 7.90. The summed E-state index contributed by atoms with van der Waals surface area (Å²) in [5.74, 6) is 0.440. The Balaban J connectivity index is 1.36. The average Bonchev–Trinajstić information content (AvgIpc) is 3.22. The number of piperidine rings is 1. The second kappa shape index (κ2) is 8.78. The van der Waals surface area contributed by atoms with Crippen LogP contribution < -0.4 is 0 Å². The van der Waals surface area contributed by atoms with Crippen LogP contribution in [-0.4, -0.2) is 54.5 Å². The Morgan fingerprint density at radius 1 is 1.20 bits per heavy atom. The number of hydrogen-bond donors (Lipinski definition) is 1. The van der Waals surface area contributed by atoms with Crippen LogP contribution in [0.5, 0.6) is 5.75 Å². The van der Waals surface area contributed by atoms with Crippen molar-refractivity contribution in [2.45, 2.75) is 45.1 Å². The largest absolute Gasteiger partial charge is 0.506 e. The molecule has 1 saturated heterocycles. The number of rotatable bonds is 2. The number of phenolic OH excluding ortho intramolecular Hbond substituents is 1. The number of carbonyl (C=O) groups excluding carboxylic acids is 1. The smallest absolute Gasteiger partial charge is 0.410 e. The molecular formula is C26H28BrN5O3. The van der Waals surface area contributed by atoms with E-state index in [9.17, 15) is 9.90 Å². The van der Waals surface area contributed by atoms with Crippen molar-refractivity contribution in [2.24, 2.45) is 7.05 Å². The van der Waals surface area contributed by atoms with Crippen LogP contribution in [0.25, 0.3) is 33.1 Å². The molecule has 182 valence electrons. The van der Waals surface area contributed by atoms with Crippen molar-refractivity contribution in [1.82, 2.24) is 24.6 Å². The molecule has 0 radical (unpaired) electrons. The SMILES string of the molecule is Cn1cc2c(O)c(-c3cc4ccc(C5CCN(C(=O)OC(C)(C)C)CC5)nc4cn3)cc(Br)c2n1. The Labute approximate surface area is 212 Å². The van der Waals surface area contributed by atoms with Gasteiger partial charge in [-0.15, -0.1) is 0 Å². The first-order valence-electron chi connectivity index (χ1n) is 11.7. The quantitative estimate of drug-likeness (QED) is 0.349. The zero-order valence-electron chi connectivity index (χ0n) is 20.2. The minimum absolute atomic E-state index is 0.157. The fraction of sp³-hybridized carbons (Fsp3) is 0.385. The predicted octanol–water partition coefficient (Wildman–Crippen LogP) is 5.77. The molecule has 0 aliphatic carbocycles. The molecule has 0 saturated carbocycles. The Kier molecular flexibility index (Phi) is 5.91. The lowest BCUT2D eigenvalue weighted by Crippen LogP contribution is -2.41. The summed E-state index contributed by atoms with van der Waals surface area (Å²) < 4.78 is 7.98. The van der Waals surface area contributed by atoms with Gasteiger partial charge in [-0.05, 0) is 67.7 Å². The van der Waals surface area contributed by atoms with Crippen LogP contribution in [0.15, 0.2) is 41.1 Å². The number of aryl methyl sites for hydroxylation is 1. The molecule has 1 N–H and O–H groups in total. The number of carbonyl (C=O) groups is 1. The summed E-state index contributed by atoms with van der Waals surface area (Å²) in [6.45, 7) is 6.96. The molecule has 0 unspecified atom stereocenters. The predicted molar refractivity (Wildman–Crippen MR) is 138 cm³/mol. The summed E-state index contributed by atoms with van der Waals surface area (Å²) in [6.07, 6.45) is 4.98. The van der Waals surface area contributed by atoms with Gasteiger partial charge >= 0.3 is 6.09 Å². The highest BCUT2D eigenvalue weighted by Gasteiger charge is 2.28. The standard InChI is InChI=1S/C26H28BrN5O3/c1-26(2,3)35-25(34)32-9-7-15(8-10-32)20-6-5-16-11-21(28-13-22(16)29-20)17-12-19(27)23-18(24(17)33)14-31(4)30-23/h5-6,11-15,33H,7-10H2,1-4H3. The van der Waals surface area contributed by atoms with Crippen molar-refractivity contribution in [1.29, 1.82) is 0 Å². The van der Waals surface area contributed by atoms with Crippen molar-refractivity contribution in [3.63, 3.8) is 0 Å². The summed E-state index contributed by atoms with van der Waals surface area (Å²) in [7, 11) is 1.82. The Hall–Kier alpha value is -3.20. The zero-order chi connectivity index (χ0) is 24.9. The molecule has 1 fully saturated rings. The number of pyridine rings is 2. The zero-order valence-corrected chi connectivity index (χ0v) is 21.8. The Morgan fingerprint density at radius 3 is 2.66 bits per heavy atom. The van der Waals surface area contributed by atoms with E-state index < -0.39 is 5.60 Å². The fourth-order valence-corrected chi connectivity index (χ4v) is 5.06. The van der Waals surface area contributed by atoms with Gasteiger partial charge in [-0.25, -0.2) is 4.79 Å². The molecule has 9 heteroatoms. The van der Waals surface area contributed by atoms with E-state index in [0.717, 1.165) is 33.9 Å². The number of amides is 1. The second-order valence-corrected chi connectivity index (χ2v) is 10.9. The van der Waals surface area contributed by atoms with E-state index in [1.165, 1.54) is 0 Å². The lowest BCUT2D eigenvalue weighted by Gasteiger charge is -2.33. The number of aromatic hydroxyl groups is 1. The molecule has 4 heterocycles. The fourth-order valence-electron chi connectivity index (χ4n) is 4.54. The van der Waals surface area contributed by atoms with Gasteiger partial charge in [0.15, 0.2) is 0 Å². The van der Waals surface area contributed by atoms with E-state index in [0.29, 0.717) is 35.2 Å². The number of nitrogens with zero attached hydrogens (tertiary/aromatic N) is 5. The number of aromatic nitrogens is 4. The lowest BCUT2D eigenvalue weighted by molar-refractivity contribution is 0.0204. The molecule has 0 bridgehead atoms. The van der Waals surface area contributed by atoms with Crippen molar-refractivity contribution >= 4 is 43.8 Å². The molecule has 0 spiro atoms. The number of halogens is 1. The first kappa shape index (κ1) is 23.5. The lowest BCUT2D eigenvalue weighted by atomic mass is 9.93. The third kappa shape index (κ3) is 4.69. The minimum atomic E-state index is -0.490. The van der Waals surface area contributed by atoms with E-state index in [1.807, 2.05) is 40.0 Å². The van der Waals surface area contributed by atoms with Gasteiger partial charge in [-0.1, -0.05) is 6.07 Å². The maximum Gasteiger partial charge on any atom is 0.410 e. The normalized spacial score (nSPS) is 15.2. The van der Waals surface area contributed by atoms with Crippen LogP contribution in [0.2, 0.25) is 0 Å². The maximum atomic E-state index is 12.4. The van der Waals surface area contributed by atoms with E-state index in [2.05, 4.69) is 38.1 Å². The van der Waals surface area contributed by atoms with Gasteiger partial charge < -0.3 is 14.7 Å². The van der Waals surface area contributed by atoms with Gasteiger partial charge in [0.05, 0.1) is 22.8 Å². The van der Waals surface area contributed by atoms with Crippen molar-refractivity contribution in [3.05, 3.63) is 46.8 Å². The molecule has 4 aromatic rings. The Morgan fingerprint density at radius 2 is 1.94 bits per heavy atom. The molecule has 8 nitrogen and oxygen atoms in total. The number of hydrogen-bond acceptors (Lipinski definition) is 6. The molecular weight excluding hydrogens is 510 g/mol. The van der Waals surface area contributed by atoms with Gasteiger partial charge in [0.25, 0.3) is 0 Å². The van der Waals surface area contributed by atoms with Gasteiger partial charge in [0.1, 0.15) is 16.9 Å². The third-order valence-corrected chi connectivity index (χ3v) is 6.88. The third-order valence-electron chi connectivity index (χ3n) is 6.27. The average molecular weight is 538 g/mol. The molecule has 3 aromatic heterocycles. The maximum absolute atomic E-state index is 12.4. The highest BCUT2D eigenvalue weighted by Crippen LogP contribution is 2.39. The first-order valence-corrected chi connectivity index (χ1v) is 12.5. The van der Waals surface area contributed by atoms with Gasteiger partial charge in [-0.3, -0.25) is 14.6 Å². The molecule has 5 rings (SSSR count). The van der Waals surface area contributed by atoms with Crippen molar-refractivity contribution < 1.29 is 14.6 Å². The summed E-state index contributed by atoms with van der Waals surface area (Å²) in [5.41, 5.74) is 3.34. The summed E-state index contributed by atoms with van der Waals surface area (Å²) >= 11 is 3.56. The summed E-state index contributed by atoms with van der Waals surface area (Å²) in [4.78, 5) is 23.6. The molecule has 1 aliphatic rings. The highest BCUT2D eigenvalue weighted by molar-refractivity contribution is 9.10. The highest BCUT2D eigenvalue weighted by atomic mass is 79.9. The molecule has 1 amide bonds. The van der Waals surface area contributed by atoms with E-state index in [4.69, 9.17) is 9.72 Å².